The first-order valence-corrected chi connectivity index (χ1v) is 4.18. The van der Waals surface area contributed by atoms with Crippen molar-refractivity contribution in [1.82, 2.24) is 5.32 Å². The molecule has 1 fully saturated rings. The lowest BCUT2D eigenvalue weighted by Crippen LogP contribution is -2.47. The van der Waals surface area contributed by atoms with Crippen molar-refractivity contribution in [3.63, 3.8) is 0 Å². The highest BCUT2D eigenvalue weighted by atomic mass is 15.0. The molecule has 2 heteroatoms. The zero-order valence-electron chi connectivity index (χ0n) is 6.93. The van der Waals surface area contributed by atoms with Gasteiger partial charge in [0.1, 0.15) is 0 Å². The fourth-order valence-corrected chi connectivity index (χ4v) is 1.89. The Hall–Kier alpha value is -0.0800. The zero-order valence-corrected chi connectivity index (χ0v) is 6.93. The maximum Gasteiger partial charge on any atom is 0.0195 e. The third-order valence-electron chi connectivity index (χ3n) is 2.25. The van der Waals surface area contributed by atoms with Crippen LogP contribution in [0.15, 0.2) is 0 Å². The molecule has 1 aliphatic heterocycles. The maximum absolute atomic E-state index is 5.57. The predicted molar refractivity (Wildman–Crippen MR) is 43.8 cm³/mol. The Morgan fingerprint density at radius 3 is 2.60 bits per heavy atom. The van der Waals surface area contributed by atoms with Crippen LogP contribution in [0, 0.1) is 5.92 Å². The van der Waals surface area contributed by atoms with Gasteiger partial charge in [-0.25, -0.2) is 0 Å². The monoisotopic (exact) mass is 142 g/mol. The van der Waals surface area contributed by atoms with Gasteiger partial charge in [-0.3, -0.25) is 0 Å². The quantitative estimate of drug-likeness (QED) is 0.566. The van der Waals surface area contributed by atoms with E-state index in [1.54, 1.807) is 0 Å². The Labute approximate surface area is 63.2 Å². The summed E-state index contributed by atoms with van der Waals surface area (Å²) in [5.74, 6) is 0.852. The first kappa shape index (κ1) is 8.02. The van der Waals surface area contributed by atoms with E-state index in [4.69, 9.17) is 5.73 Å². The molecule has 60 valence electrons. The number of nitrogens with two attached hydrogens (primary N) is 1. The second kappa shape index (κ2) is 3.35. The van der Waals surface area contributed by atoms with Crippen LogP contribution in [0.1, 0.15) is 26.7 Å². The van der Waals surface area contributed by atoms with Crippen LogP contribution < -0.4 is 11.1 Å². The van der Waals surface area contributed by atoms with Gasteiger partial charge in [-0.15, -0.1) is 0 Å². The zero-order chi connectivity index (χ0) is 7.56. The summed E-state index contributed by atoms with van der Waals surface area (Å²) in [6, 6.07) is 1.23. The molecule has 1 rings (SSSR count). The van der Waals surface area contributed by atoms with Gasteiger partial charge in [0.15, 0.2) is 0 Å². The van der Waals surface area contributed by atoms with Gasteiger partial charge >= 0.3 is 0 Å². The van der Waals surface area contributed by atoms with E-state index in [0.29, 0.717) is 12.1 Å². The molecule has 0 aromatic carbocycles. The standard InChI is InChI=1S/C8H18N2/c1-6-3-7(2)10-8(4-6)5-9/h6-8,10H,3-5,9H2,1-2H3. The van der Waals surface area contributed by atoms with Gasteiger partial charge in [-0.2, -0.15) is 0 Å². The molecule has 3 unspecified atom stereocenters. The molecule has 0 bridgehead atoms. The van der Waals surface area contributed by atoms with Crippen molar-refractivity contribution < 1.29 is 0 Å². The topological polar surface area (TPSA) is 38.0 Å². The van der Waals surface area contributed by atoms with Crippen LogP contribution in [0.4, 0.5) is 0 Å². The number of nitrogens with one attached hydrogen (secondary N) is 1. The minimum atomic E-state index is 0.568. The first-order chi connectivity index (χ1) is 4.72. The van der Waals surface area contributed by atoms with Crippen molar-refractivity contribution in [2.45, 2.75) is 38.8 Å². The van der Waals surface area contributed by atoms with Crippen LogP contribution in [-0.4, -0.2) is 18.6 Å². The summed E-state index contributed by atoms with van der Waals surface area (Å²) in [5.41, 5.74) is 5.57. The lowest BCUT2D eigenvalue weighted by Gasteiger charge is -2.32. The van der Waals surface area contributed by atoms with Crippen molar-refractivity contribution in [2.24, 2.45) is 11.7 Å². The summed E-state index contributed by atoms with van der Waals surface area (Å²) < 4.78 is 0. The molecule has 1 saturated heterocycles. The molecular weight excluding hydrogens is 124 g/mol. The second-order valence-electron chi connectivity index (χ2n) is 3.58. The van der Waals surface area contributed by atoms with E-state index in [2.05, 4.69) is 19.2 Å². The molecule has 3 atom stereocenters. The van der Waals surface area contributed by atoms with E-state index in [9.17, 15) is 0 Å². The largest absolute Gasteiger partial charge is 0.329 e. The highest BCUT2D eigenvalue weighted by Crippen LogP contribution is 2.18. The molecule has 3 N–H and O–H groups in total. The summed E-state index contributed by atoms with van der Waals surface area (Å²) in [6.45, 7) is 5.33. The molecule has 10 heavy (non-hydrogen) atoms. The number of hydrogen-bond donors (Lipinski definition) is 2. The van der Waals surface area contributed by atoms with E-state index >= 15 is 0 Å². The molecule has 0 saturated carbocycles. The van der Waals surface area contributed by atoms with Crippen molar-refractivity contribution in [3.8, 4) is 0 Å². The number of piperidine rings is 1. The molecule has 1 heterocycles. The molecular formula is C8H18N2. The second-order valence-corrected chi connectivity index (χ2v) is 3.58. The van der Waals surface area contributed by atoms with Gasteiger partial charge in [0.05, 0.1) is 0 Å². The Bertz CT molecular complexity index is 93.4. The Kier molecular flexibility index (Phi) is 2.69. The molecule has 0 aliphatic carbocycles. The summed E-state index contributed by atoms with van der Waals surface area (Å²) in [7, 11) is 0. The molecule has 1 aliphatic rings. The van der Waals surface area contributed by atoms with Crippen LogP contribution in [0.5, 0.6) is 0 Å². The van der Waals surface area contributed by atoms with Crippen LogP contribution in [0.2, 0.25) is 0 Å². The minimum Gasteiger partial charge on any atom is -0.329 e. The molecule has 2 nitrogen and oxygen atoms in total. The van der Waals surface area contributed by atoms with Gasteiger partial charge in [0, 0.05) is 18.6 Å². The van der Waals surface area contributed by atoms with Crippen molar-refractivity contribution in [2.75, 3.05) is 6.54 Å². The lowest BCUT2D eigenvalue weighted by molar-refractivity contribution is 0.270. The van der Waals surface area contributed by atoms with Crippen molar-refractivity contribution in [1.29, 1.82) is 0 Å². The van der Waals surface area contributed by atoms with Gasteiger partial charge in [0.2, 0.25) is 0 Å². The first-order valence-electron chi connectivity index (χ1n) is 4.18. The van der Waals surface area contributed by atoms with E-state index in [1.165, 1.54) is 12.8 Å². The highest BCUT2D eigenvalue weighted by molar-refractivity contribution is 4.81. The van der Waals surface area contributed by atoms with E-state index < -0.39 is 0 Å². The van der Waals surface area contributed by atoms with Gasteiger partial charge < -0.3 is 11.1 Å². The normalized spacial score (nSPS) is 41.7. The van der Waals surface area contributed by atoms with Crippen LogP contribution >= 0.6 is 0 Å². The van der Waals surface area contributed by atoms with Crippen molar-refractivity contribution in [3.05, 3.63) is 0 Å². The van der Waals surface area contributed by atoms with Crippen LogP contribution in [0.3, 0.4) is 0 Å². The predicted octanol–water partition coefficient (Wildman–Crippen LogP) is 0.722. The highest BCUT2D eigenvalue weighted by Gasteiger charge is 2.21. The summed E-state index contributed by atoms with van der Waals surface area (Å²) in [5, 5.41) is 3.47. The molecule has 0 radical (unpaired) electrons. The van der Waals surface area contributed by atoms with E-state index in [0.717, 1.165) is 12.5 Å². The number of hydrogen-bond acceptors (Lipinski definition) is 2. The Morgan fingerprint density at radius 2 is 2.10 bits per heavy atom. The Balaban J connectivity index is 2.35. The summed E-state index contributed by atoms with van der Waals surface area (Å²) in [6.07, 6.45) is 2.55. The third-order valence-corrected chi connectivity index (χ3v) is 2.25. The average molecular weight is 142 g/mol. The fraction of sp³-hybridized carbons (Fsp3) is 1.00. The minimum absolute atomic E-state index is 0.568. The fourth-order valence-electron chi connectivity index (χ4n) is 1.89. The van der Waals surface area contributed by atoms with Crippen LogP contribution in [-0.2, 0) is 0 Å². The van der Waals surface area contributed by atoms with Gasteiger partial charge in [-0.1, -0.05) is 6.92 Å². The van der Waals surface area contributed by atoms with Gasteiger partial charge in [-0.05, 0) is 25.7 Å². The Morgan fingerprint density at radius 1 is 1.40 bits per heavy atom. The molecule has 0 spiro atoms. The summed E-state index contributed by atoms with van der Waals surface area (Å²) in [4.78, 5) is 0. The maximum atomic E-state index is 5.57. The third kappa shape index (κ3) is 1.96. The lowest BCUT2D eigenvalue weighted by atomic mass is 9.90. The summed E-state index contributed by atoms with van der Waals surface area (Å²) >= 11 is 0. The smallest absolute Gasteiger partial charge is 0.0195 e. The molecule has 0 aromatic heterocycles. The van der Waals surface area contributed by atoms with E-state index in [-0.39, 0.29) is 0 Å². The van der Waals surface area contributed by atoms with E-state index in [1.807, 2.05) is 0 Å². The van der Waals surface area contributed by atoms with Crippen LogP contribution in [0.25, 0.3) is 0 Å². The number of rotatable bonds is 1. The van der Waals surface area contributed by atoms with Crippen molar-refractivity contribution >= 4 is 0 Å². The van der Waals surface area contributed by atoms with Gasteiger partial charge in [0.25, 0.3) is 0 Å². The molecule has 0 aromatic rings. The SMILES string of the molecule is CC1CC(C)NC(CN)C1. The molecule has 0 amide bonds. The average Bonchev–Trinajstić information content (AvgIpc) is 1.85.